The molecule has 0 atom stereocenters. The molecule has 116 valence electrons. The van der Waals surface area contributed by atoms with Gasteiger partial charge in [-0.25, -0.2) is 0 Å². The summed E-state index contributed by atoms with van der Waals surface area (Å²) in [5, 5.41) is 12.9. The topological polar surface area (TPSA) is 61.8 Å². The number of amides is 1. The Hall–Kier alpha value is -1.59. The number of β-amino-alcohol motifs (C(OH)–C–C–N with tert-alkyl or cyclic N) is 1. The zero-order valence-electron chi connectivity index (χ0n) is 12.8. The highest BCUT2D eigenvalue weighted by Gasteiger charge is 2.40. The van der Waals surface area contributed by atoms with Crippen LogP contribution >= 0.6 is 0 Å². The fraction of sp³-hybridized carbons (Fsp3) is 0.562. The lowest BCUT2D eigenvalue weighted by Crippen LogP contribution is -2.62. The van der Waals surface area contributed by atoms with Gasteiger partial charge in [-0.2, -0.15) is 0 Å². The van der Waals surface area contributed by atoms with E-state index < -0.39 is 5.60 Å². The smallest absolute Gasteiger partial charge is 0.238 e. The third-order valence-corrected chi connectivity index (χ3v) is 3.57. The van der Waals surface area contributed by atoms with Crippen molar-refractivity contribution in [2.45, 2.75) is 32.3 Å². The van der Waals surface area contributed by atoms with E-state index in [0.717, 1.165) is 24.3 Å². The van der Waals surface area contributed by atoms with Crippen molar-refractivity contribution in [2.24, 2.45) is 0 Å². The Kier molecular flexibility index (Phi) is 5.20. The Labute approximate surface area is 125 Å². The fourth-order valence-electron chi connectivity index (χ4n) is 2.73. The Morgan fingerprint density at radius 2 is 2.00 bits per heavy atom. The van der Waals surface area contributed by atoms with Crippen molar-refractivity contribution in [2.75, 3.05) is 31.6 Å². The molecule has 0 unspecified atom stereocenters. The third-order valence-electron chi connectivity index (χ3n) is 3.57. The summed E-state index contributed by atoms with van der Waals surface area (Å²) in [6.07, 6.45) is 1.76. The summed E-state index contributed by atoms with van der Waals surface area (Å²) < 4.78 is 5.35. The van der Waals surface area contributed by atoms with Crippen LogP contribution in [0.1, 0.15) is 26.7 Å². The molecule has 1 aromatic rings. The molecule has 0 saturated carbocycles. The molecular formula is C16H24N2O3. The van der Waals surface area contributed by atoms with Gasteiger partial charge in [0.05, 0.1) is 18.8 Å². The van der Waals surface area contributed by atoms with E-state index in [-0.39, 0.29) is 5.91 Å². The summed E-state index contributed by atoms with van der Waals surface area (Å²) in [5.74, 6) is 0.737. The molecule has 2 N–H and O–H groups in total. The SMILES string of the molecule is CCCC1(O)CN(CC(=O)Nc2ccc(OCC)cc2)C1. The van der Waals surface area contributed by atoms with Gasteiger partial charge in [0.2, 0.25) is 5.91 Å². The van der Waals surface area contributed by atoms with Crippen molar-refractivity contribution >= 4 is 11.6 Å². The van der Waals surface area contributed by atoms with Crippen LogP contribution in [0.5, 0.6) is 5.75 Å². The van der Waals surface area contributed by atoms with Gasteiger partial charge >= 0.3 is 0 Å². The van der Waals surface area contributed by atoms with Crippen molar-refractivity contribution in [1.29, 1.82) is 0 Å². The van der Waals surface area contributed by atoms with Crippen LogP contribution in [0, 0.1) is 0 Å². The number of carbonyl (C=O) groups excluding carboxylic acids is 1. The minimum atomic E-state index is -0.589. The second kappa shape index (κ2) is 6.91. The Bertz CT molecular complexity index is 467. The van der Waals surface area contributed by atoms with Gasteiger partial charge in [-0.15, -0.1) is 0 Å². The summed E-state index contributed by atoms with van der Waals surface area (Å²) in [6.45, 7) is 6.09. The third kappa shape index (κ3) is 4.44. The molecule has 1 heterocycles. The molecule has 1 fully saturated rings. The maximum atomic E-state index is 11.9. The molecule has 1 amide bonds. The molecule has 5 heteroatoms. The van der Waals surface area contributed by atoms with E-state index in [2.05, 4.69) is 12.2 Å². The summed E-state index contributed by atoms with van der Waals surface area (Å²) in [5.41, 5.74) is 0.168. The van der Waals surface area contributed by atoms with Crippen LogP contribution in [0.15, 0.2) is 24.3 Å². The number of nitrogens with one attached hydrogen (secondary N) is 1. The highest BCUT2D eigenvalue weighted by atomic mass is 16.5. The van der Waals surface area contributed by atoms with Gasteiger partial charge < -0.3 is 15.2 Å². The van der Waals surface area contributed by atoms with E-state index >= 15 is 0 Å². The average molecular weight is 292 g/mol. The van der Waals surface area contributed by atoms with Gasteiger partial charge in [0, 0.05) is 18.8 Å². The van der Waals surface area contributed by atoms with E-state index in [0.29, 0.717) is 26.2 Å². The fourth-order valence-corrected chi connectivity index (χ4v) is 2.73. The Morgan fingerprint density at radius 1 is 1.33 bits per heavy atom. The number of anilines is 1. The number of carbonyl (C=O) groups is 1. The van der Waals surface area contributed by atoms with Crippen molar-refractivity contribution in [3.63, 3.8) is 0 Å². The van der Waals surface area contributed by atoms with Crippen LogP contribution in [0.25, 0.3) is 0 Å². The van der Waals surface area contributed by atoms with E-state index in [4.69, 9.17) is 4.74 Å². The highest BCUT2D eigenvalue weighted by Crippen LogP contribution is 2.25. The molecule has 1 saturated heterocycles. The quantitative estimate of drug-likeness (QED) is 0.805. The molecule has 0 aliphatic carbocycles. The van der Waals surface area contributed by atoms with Crippen LogP contribution in [-0.4, -0.2) is 47.8 Å². The number of rotatable bonds is 7. The molecule has 2 rings (SSSR count). The maximum absolute atomic E-state index is 11.9. The molecule has 5 nitrogen and oxygen atoms in total. The number of aliphatic hydroxyl groups is 1. The average Bonchev–Trinajstić information content (AvgIpc) is 2.40. The first kappa shape index (κ1) is 15.8. The first-order valence-electron chi connectivity index (χ1n) is 7.52. The van der Waals surface area contributed by atoms with E-state index in [9.17, 15) is 9.90 Å². The standard InChI is InChI=1S/C16H24N2O3/c1-3-9-16(20)11-18(12-16)10-15(19)17-13-5-7-14(8-6-13)21-4-2/h5-8,20H,3-4,9-12H2,1-2H3,(H,17,19). The van der Waals surface area contributed by atoms with Gasteiger partial charge in [0.1, 0.15) is 5.75 Å². The van der Waals surface area contributed by atoms with Crippen molar-refractivity contribution in [3.05, 3.63) is 24.3 Å². The van der Waals surface area contributed by atoms with Crippen LogP contribution in [0.2, 0.25) is 0 Å². The second-order valence-electron chi connectivity index (χ2n) is 5.63. The van der Waals surface area contributed by atoms with E-state index in [1.165, 1.54) is 0 Å². The molecule has 1 aliphatic heterocycles. The summed E-state index contributed by atoms with van der Waals surface area (Å²) in [4.78, 5) is 13.9. The molecule has 0 bridgehead atoms. The highest BCUT2D eigenvalue weighted by molar-refractivity contribution is 5.92. The number of nitrogens with zero attached hydrogens (tertiary/aromatic N) is 1. The second-order valence-corrected chi connectivity index (χ2v) is 5.63. The van der Waals surface area contributed by atoms with Crippen LogP contribution in [0.3, 0.4) is 0 Å². The van der Waals surface area contributed by atoms with Gasteiger partial charge in [-0.05, 0) is 37.6 Å². The zero-order chi connectivity index (χ0) is 15.3. The van der Waals surface area contributed by atoms with E-state index in [1.807, 2.05) is 36.1 Å². The molecule has 21 heavy (non-hydrogen) atoms. The number of benzene rings is 1. The van der Waals surface area contributed by atoms with E-state index in [1.54, 1.807) is 0 Å². The van der Waals surface area contributed by atoms with Gasteiger partial charge in [-0.1, -0.05) is 13.3 Å². The molecule has 1 aromatic carbocycles. The Morgan fingerprint density at radius 3 is 2.57 bits per heavy atom. The first-order valence-corrected chi connectivity index (χ1v) is 7.52. The lowest BCUT2D eigenvalue weighted by atomic mass is 9.89. The molecule has 0 aromatic heterocycles. The molecule has 0 radical (unpaired) electrons. The minimum Gasteiger partial charge on any atom is -0.494 e. The van der Waals surface area contributed by atoms with Crippen LogP contribution in [0.4, 0.5) is 5.69 Å². The van der Waals surface area contributed by atoms with Crippen molar-refractivity contribution in [3.8, 4) is 5.75 Å². The summed E-state index contributed by atoms with van der Waals surface area (Å²) >= 11 is 0. The van der Waals surface area contributed by atoms with Crippen molar-refractivity contribution in [1.82, 2.24) is 4.90 Å². The predicted molar refractivity (Wildman–Crippen MR) is 82.5 cm³/mol. The maximum Gasteiger partial charge on any atom is 0.238 e. The summed E-state index contributed by atoms with van der Waals surface area (Å²) in [7, 11) is 0. The van der Waals surface area contributed by atoms with Gasteiger partial charge in [0.15, 0.2) is 0 Å². The van der Waals surface area contributed by atoms with Crippen LogP contribution < -0.4 is 10.1 Å². The van der Waals surface area contributed by atoms with Crippen LogP contribution in [-0.2, 0) is 4.79 Å². The zero-order valence-corrected chi connectivity index (χ0v) is 12.8. The normalized spacial score (nSPS) is 17.1. The molecule has 0 spiro atoms. The van der Waals surface area contributed by atoms with Gasteiger partial charge in [-0.3, -0.25) is 9.69 Å². The molecular weight excluding hydrogens is 268 g/mol. The number of likely N-dealkylation sites (tertiary alicyclic amines) is 1. The minimum absolute atomic E-state index is 0.0577. The summed E-state index contributed by atoms with van der Waals surface area (Å²) in [6, 6.07) is 7.32. The monoisotopic (exact) mass is 292 g/mol. The Balaban J connectivity index is 1.75. The number of ether oxygens (including phenoxy) is 1. The predicted octanol–water partition coefficient (Wildman–Crippen LogP) is 1.87. The lowest BCUT2D eigenvalue weighted by Gasteiger charge is -2.46. The molecule has 1 aliphatic rings. The number of hydrogen-bond donors (Lipinski definition) is 2. The first-order chi connectivity index (χ1) is 10.0. The largest absolute Gasteiger partial charge is 0.494 e. The van der Waals surface area contributed by atoms with Crippen molar-refractivity contribution < 1.29 is 14.6 Å². The van der Waals surface area contributed by atoms with Gasteiger partial charge in [0.25, 0.3) is 0 Å². The number of hydrogen-bond acceptors (Lipinski definition) is 4. The lowest BCUT2D eigenvalue weighted by molar-refractivity contribution is -0.129.